The Balaban J connectivity index is 1.87. The number of hydrogen-bond donors (Lipinski definition) is 0. The van der Waals surface area contributed by atoms with Gasteiger partial charge in [0.15, 0.2) is 0 Å². The van der Waals surface area contributed by atoms with Gasteiger partial charge in [0.2, 0.25) is 5.91 Å². The topological polar surface area (TPSA) is 49.9 Å². The van der Waals surface area contributed by atoms with E-state index in [-0.39, 0.29) is 11.8 Å². The fourth-order valence-electron chi connectivity index (χ4n) is 3.04. The lowest BCUT2D eigenvalue weighted by Gasteiger charge is -2.22. The average molecular weight is 302 g/mol. The summed E-state index contributed by atoms with van der Waals surface area (Å²) in [5, 5.41) is 0. The summed E-state index contributed by atoms with van der Waals surface area (Å²) in [7, 11) is 1.73. The molecule has 0 N–H and O–H groups in total. The van der Waals surface area contributed by atoms with Gasteiger partial charge in [-0.05, 0) is 31.0 Å². The zero-order valence-electron chi connectivity index (χ0n) is 13.0. The standard InChI is InChI=1S/C17H22N2O3/c1-18-14-12-13(6-7-15(14)22-11-8-16(18)20)17(21)19-9-4-2-3-5-10-19/h6-7,12H,2-5,8-11H2,1H3. The third-order valence-electron chi connectivity index (χ3n) is 4.41. The van der Waals surface area contributed by atoms with Crippen LogP contribution < -0.4 is 9.64 Å². The second kappa shape index (κ2) is 6.38. The Labute approximate surface area is 130 Å². The molecular formula is C17H22N2O3. The number of likely N-dealkylation sites (tertiary alicyclic amines) is 1. The fraction of sp³-hybridized carbons (Fsp3) is 0.529. The lowest BCUT2D eigenvalue weighted by Crippen LogP contribution is -2.32. The normalized spacial score (nSPS) is 19.0. The molecule has 5 heteroatoms. The van der Waals surface area contributed by atoms with E-state index in [4.69, 9.17) is 4.74 Å². The van der Waals surface area contributed by atoms with Gasteiger partial charge in [-0.2, -0.15) is 0 Å². The monoisotopic (exact) mass is 302 g/mol. The van der Waals surface area contributed by atoms with Gasteiger partial charge in [0.05, 0.1) is 18.7 Å². The van der Waals surface area contributed by atoms with Crippen molar-refractivity contribution in [2.24, 2.45) is 0 Å². The lowest BCUT2D eigenvalue weighted by atomic mass is 10.1. The quantitative estimate of drug-likeness (QED) is 0.800. The summed E-state index contributed by atoms with van der Waals surface area (Å²) >= 11 is 0. The minimum atomic E-state index is 0.0121. The van der Waals surface area contributed by atoms with Gasteiger partial charge in [0.25, 0.3) is 5.91 Å². The van der Waals surface area contributed by atoms with E-state index >= 15 is 0 Å². The van der Waals surface area contributed by atoms with Crippen LogP contribution in [-0.2, 0) is 4.79 Å². The second-order valence-corrected chi connectivity index (χ2v) is 5.94. The number of nitrogens with zero attached hydrogens (tertiary/aromatic N) is 2. The molecule has 118 valence electrons. The summed E-state index contributed by atoms with van der Waals surface area (Å²) in [6.45, 7) is 2.03. The van der Waals surface area contributed by atoms with Crippen LogP contribution in [0.15, 0.2) is 18.2 Å². The number of anilines is 1. The van der Waals surface area contributed by atoms with Crippen LogP contribution in [0.5, 0.6) is 5.75 Å². The van der Waals surface area contributed by atoms with Gasteiger partial charge in [0, 0.05) is 25.7 Å². The molecule has 1 fully saturated rings. The summed E-state index contributed by atoms with van der Waals surface area (Å²) in [5.41, 5.74) is 1.31. The Kier molecular flexibility index (Phi) is 4.32. The minimum absolute atomic E-state index is 0.0121. The number of fused-ring (bicyclic) bond motifs is 1. The predicted molar refractivity (Wildman–Crippen MR) is 84.3 cm³/mol. The Morgan fingerprint density at radius 2 is 1.86 bits per heavy atom. The fourth-order valence-corrected chi connectivity index (χ4v) is 3.04. The van der Waals surface area contributed by atoms with E-state index in [0.717, 1.165) is 25.9 Å². The van der Waals surface area contributed by atoms with Gasteiger partial charge in [-0.15, -0.1) is 0 Å². The predicted octanol–water partition coefficient (Wildman–Crippen LogP) is 2.45. The maximum atomic E-state index is 12.7. The molecule has 0 spiro atoms. The highest BCUT2D eigenvalue weighted by molar-refractivity contribution is 5.99. The van der Waals surface area contributed by atoms with Crippen molar-refractivity contribution in [1.29, 1.82) is 0 Å². The number of rotatable bonds is 1. The van der Waals surface area contributed by atoms with Crippen molar-refractivity contribution in [3.8, 4) is 5.75 Å². The highest BCUT2D eigenvalue weighted by Crippen LogP contribution is 2.32. The van der Waals surface area contributed by atoms with Crippen LogP contribution in [0.2, 0.25) is 0 Å². The molecule has 5 nitrogen and oxygen atoms in total. The van der Waals surface area contributed by atoms with Crippen LogP contribution in [0.3, 0.4) is 0 Å². The van der Waals surface area contributed by atoms with Crippen LogP contribution in [-0.4, -0.2) is 43.5 Å². The van der Waals surface area contributed by atoms with Crippen LogP contribution in [0.25, 0.3) is 0 Å². The van der Waals surface area contributed by atoms with Crippen molar-refractivity contribution in [1.82, 2.24) is 4.90 Å². The lowest BCUT2D eigenvalue weighted by molar-refractivity contribution is -0.118. The van der Waals surface area contributed by atoms with Crippen LogP contribution in [0.1, 0.15) is 42.5 Å². The first-order chi connectivity index (χ1) is 10.7. The minimum Gasteiger partial charge on any atom is -0.491 e. The first kappa shape index (κ1) is 14.9. The number of carbonyl (C=O) groups excluding carboxylic acids is 2. The van der Waals surface area contributed by atoms with Gasteiger partial charge >= 0.3 is 0 Å². The SMILES string of the molecule is CN1C(=O)CCOc2ccc(C(=O)N3CCCCCC3)cc21. The van der Waals surface area contributed by atoms with Crippen molar-refractivity contribution in [3.05, 3.63) is 23.8 Å². The summed E-state index contributed by atoms with van der Waals surface area (Å²) in [6, 6.07) is 5.39. The zero-order valence-corrected chi connectivity index (χ0v) is 13.0. The molecule has 0 aliphatic carbocycles. The van der Waals surface area contributed by atoms with Crippen molar-refractivity contribution >= 4 is 17.5 Å². The second-order valence-electron chi connectivity index (χ2n) is 5.94. The number of carbonyl (C=O) groups is 2. The van der Waals surface area contributed by atoms with Crippen molar-refractivity contribution in [3.63, 3.8) is 0 Å². The molecule has 2 aliphatic heterocycles. The summed E-state index contributed by atoms with van der Waals surface area (Å²) in [4.78, 5) is 28.2. The largest absolute Gasteiger partial charge is 0.491 e. The molecule has 3 rings (SSSR count). The van der Waals surface area contributed by atoms with Gasteiger partial charge in [-0.25, -0.2) is 0 Å². The van der Waals surface area contributed by atoms with E-state index < -0.39 is 0 Å². The van der Waals surface area contributed by atoms with E-state index in [2.05, 4.69) is 0 Å². The maximum absolute atomic E-state index is 12.7. The van der Waals surface area contributed by atoms with Crippen molar-refractivity contribution in [2.45, 2.75) is 32.1 Å². The van der Waals surface area contributed by atoms with E-state index in [1.165, 1.54) is 12.8 Å². The van der Waals surface area contributed by atoms with Gasteiger partial charge in [-0.3, -0.25) is 9.59 Å². The molecule has 22 heavy (non-hydrogen) atoms. The molecule has 0 aromatic heterocycles. The van der Waals surface area contributed by atoms with Gasteiger partial charge in [0.1, 0.15) is 5.75 Å². The van der Waals surface area contributed by atoms with E-state index in [1.807, 2.05) is 4.90 Å². The van der Waals surface area contributed by atoms with Gasteiger partial charge < -0.3 is 14.5 Å². The maximum Gasteiger partial charge on any atom is 0.253 e. The molecule has 1 aromatic rings. The molecule has 0 bridgehead atoms. The molecule has 0 unspecified atom stereocenters. The van der Waals surface area contributed by atoms with Gasteiger partial charge in [-0.1, -0.05) is 12.8 Å². The zero-order chi connectivity index (χ0) is 15.5. The Morgan fingerprint density at radius 3 is 2.59 bits per heavy atom. The number of amides is 2. The van der Waals surface area contributed by atoms with E-state index in [9.17, 15) is 9.59 Å². The molecule has 2 heterocycles. The van der Waals surface area contributed by atoms with Crippen LogP contribution >= 0.6 is 0 Å². The number of benzene rings is 1. The molecule has 0 saturated carbocycles. The summed E-state index contributed by atoms with van der Waals surface area (Å²) in [5.74, 6) is 0.730. The Bertz CT molecular complexity index is 577. The third-order valence-corrected chi connectivity index (χ3v) is 4.41. The molecule has 1 saturated heterocycles. The third kappa shape index (κ3) is 2.93. The Hall–Kier alpha value is -2.04. The molecule has 0 atom stereocenters. The number of hydrogen-bond acceptors (Lipinski definition) is 3. The first-order valence-electron chi connectivity index (χ1n) is 7.99. The smallest absolute Gasteiger partial charge is 0.253 e. The summed E-state index contributed by atoms with van der Waals surface area (Å²) < 4.78 is 5.60. The van der Waals surface area contributed by atoms with Crippen molar-refractivity contribution < 1.29 is 14.3 Å². The first-order valence-corrected chi connectivity index (χ1v) is 7.99. The van der Waals surface area contributed by atoms with Crippen LogP contribution in [0.4, 0.5) is 5.69 Å². The number of ether oxygens (including phenoxy) is 1. The highest BCUT2D eigenvalue weighted by Gasteiger charge is 2.23. The molecular weight excluding hydrogens is 280 g/mol. The molecule has 2 amide bonds. The average Bonchev–Trinajstić information content (AvgIpc) is 2.88. The van der Waals surface area contributed by atoms with Crippen LogP contribution in [0, 0.1) is 0 Å². The highest BCUT2D eigenvalue weighted by atomic mass is 16.5. The molecule has 1 aromatic carbocycles. The molecule has 0 radical (unpaired) electrons. The van der Waals surface area contributed by atoms with E-state index in [0.29, 0.717) is 30.0 Å². The van der Waals surface area contributed by atoms with E-state index in [1.54, 1.807) is 30.1 Å². The van der Waals surface area contributed by atoms with Crippen molar-refractivity contribution in [2.75, 3.05) is 31.6 Å². The Morgan fingerprint density at radius 1 is 1.14 bits per heavy atom. The molecule has 2 aliphatic rings. The summed E-state index contributed by atoms with van der Waals surface area (Å²) in [6.07, 6.45) is 4.88.